The van der Waals surface area contributed by atoms with Crippen LogP contribution in [0.2, 0.25) is 0 Å². The summed E-state index contributed by atoms with van der Waals surface area (Å²) in [5.41, 5.74) is 1.99. The zero-order valence-corrected chi connectivity index (χ0v) is 11.7. The van der Waals surface area contributed by atoms with Crippen LogP contribution in [0, 0.1) is 6.92 Å². The molecule has 6 heteroatoms. The SMILES string of the molecule is Cc1cnc(CN2CC(n3cc(Br)cn3)C2)cn1. The van der Waals surface area contributed by atoms with E-state index in [4.69, 9.17) is 0 Å². The van der Waals surface area contributed by atoms with Crippen LogP contribution in [0.1, 0.15) is 17.4 Å². The van der Waals surface area contributed by atoms with E-state index in [-0.39, 0.29) is 0 Å². The average Bonchev–Trinajstić information content (AvgIpc) is 2.72. The molecule has 0 aliphatic carbocycles. The number of nitrogens with zero attached hydrogens (tertiary/aromatic N) is 5. The standard InChI is InChI=1S/C12H14BrN5/c1-9-2-15-11(4-14-9)6-17-7-12(8-17)18-5-10(13)3-16-18/h2-5,12H,6-8H2,1H3. The van der Waals surface area contributed by atoms with Gasteiger partial charge in [-0.15, -0.1) is 0 Å². The van der Waals surface area contributed by atoms with Crippen molar-refractivity contribution in [2.45, 2.75) is 19.5 Å². The van der Waals surface area contributed by atoms with Gasteiger partial charge in [0.2, 0.25) is 0 Å². The summed E-state index contributed by atoms with van der Waals surface area (Å²) < 4.78 is 3.05. The lowest BCUT2D eigenvalue weighted by molar-refractivity contribution is 0.0894. The molecular weight excluding hydrogens is 294 g/mol. The molecule has 2 aromatic heterocycles. The molecule has 3 heterocycles. The van der Waals surface area contributed by atoms with Crippen LogP contribution in [0.3, 0.4) is 0 Å². The molecule has 2 aromatic rings. The van der Waals surface area contributed by atoms with Crippen molar-refractivity contribution in [2.75, 3.05) is 13.1 Å². The van der Waals surface area contributed by atoms with E-state index < -0.39 is 0 Å². The van der Waals surface area contributed by atoms with Crippen molar-refractivity contribution in [3.63, 3.8) is 0 Å². The zero-order chi connectivity index (χ0) is 12.5. The van der Waals surface area contributed by atoms with Crippen LogP contribution >= 0.6 is 15.9 Å². The minimum Gasteiger partial charge on any atom is -0.293 e. The minimum atomic E-state index is 0.481. The maximum atomic E-state index is 4.37. The van der Waals surface area contributed by atoms with E-state index in [0.29, 0.717) is 6.04 Å². The Morgan fingerprint density at radius 1 is 1.28 bits per heavy atom. The zero-order valence-electron chi connectivity index (χ0n) is 10.1. The van der Waals surface area contributed by atoms with Crippen molar-refractivity contribution >= 4 is 15.9 Å². The normalized spacial score (nSPS) is 16.8. The van der Waals surface area contributed by atoms with Gasteiger partial charge >= 0.3 is 0 Å². The first-order chi connectivity index (χ1) is 8.70. The van der Waals surface area contributed by atoms with Gasteiger partial charge in [0.05, 0.1) is 28.1 Å². The average molecular weight is 308 g/mol. The summed E-state index contributed by atoms with van der Waals surface area (Å²) >= 11 is 3.41. The highest BCUT2D eigenvalue weighted by molar-refractivity contribution is 9.10. The molecule has 0 saturated carbocycles. The third-order valence-electron chi connectivity index (χ3n) is 3.10. The maximum absolute atomic E-state index is 4.37. The molecule has 0 bridgehead atoms. The van der Waals surface area contributed by atoms with Crippen LogP contribution in [0.15, 0.2) is 29.3 Å². The van der Waals surface area contributed by atoms with Gasteiger partial charge in [-0.2, -0.15) is 5.10 Å². The molecule has 0 aromatic carbocycles. The molecule has 1 saturated heterocycles. The van der Waals surface area contributed by atoms with Crippen LogP contribution in [-0.2, 0) is 6.54 Å². The van der Waals surface area contributed by atoms with Crippen molar-refractivity contribution in [2.24, 2.45) is 0 Å². The fourth-order valence-electron chi connectivity index (χ4n) is 2.08. The second-order valence-corrected chi connectivity index (χ2v) is 5.55. The molecule has 0 amide bonds. The van der Waals surface area contributed by atoms with Crippen LogP contribution < -0.4 is 0 Å². The first-order valence-corrected chi connectivity index (χ1v) is 6.69. The van der Waals surface area contributed by atoms with E-state index >= 15 is 0 Å². The first kappa shape index (κ1) is 11.8. The molecule has 3 rings (SSSR count). The highest BCUT2D eigenvalue weighted by atomic mass is 79.9. The Morgan fingerprint density at radius 2 is 2.11 bits per heavy atom. The minimum absolute atomic E-state index is 0.481. The summed E-state index contributed by atoms with van der Waals surface area (Å²) in [6.45, 7) is 4.85. The van der Waals surface area contributed by atoms with E-state index in [2.05, 4.69) is 35.9 Å². The van der Waals surface area contributed by atoms with E-state index in [1.54, 1.807) is 0 Å². The van der Waals surface area contributed by atoms with E-state index in [0.717, 1.165) is 35.5 Å². The molecule has 1 aliphatic heterocycles. The second kappa shape index (κ2) is 4.78. The fraction of sp³-hybridized carbons (Fsp3) is 0.417. The molecule has 0 N–H and O–H groups in total. The Morgan fingerprint density at radius 3 is 2.72 bits per heavy atom. The Hall–Kier alpha value is -1.27. The van der Waals surface area contributed by atoms with Gasteiger partial charge in [0.1, 0.15) is 0 Å². The highest BCUT2D eigenvalue weighted by Gasteiger charge is 2.28. The van der Waals surface area contributed by atoms with Crippen molar-refractivity contribution in [1.29, 1.82) is 0 Å². The van der Waals surface area contributed by atoms with Crippen molar-refractivity contribution in [3.8, 4) is 0 Å². The lowest BCUT2D eigenvalue weighted by Crippen LogP contribution is -2.47. The summed E-state index contributed by atoms with van der Waals surface area (Å²) in [5.74, 6) is 0. The van der Waals surface area contributed by atoms with Gasteiger partial charge < -0.3 is 0 Å². The lowest BCUT2D eigenvalue weighted by Gasteiger charge is -2.38. The Labute approximate surface area is 114 Å². The van der Waals surface area contributed by atoms with Gasteiger partial charge in [-0.25, -0.2) is 0 Å². The molecule has 0 atom stereocenters. The van der Waals surface area contributed by atoms with Gasteiger partial charge in [-0.1, -0.05) is 0 Å². The maximum Gasteiger partial charge on any atom is 0.0773 e. The van der Waals surface area contributed by atoms with Crippen LogP contribution in [0.25, 0.3) is 0 Å². The Balaban J connectivity index is 1.55. The monoisotopic (exact) mass is 307 g/mol. The summed E-state index contributed by atoms with van der Waals surface area (Å²) in [4.78, 5) is 11.0. The number of likely N-dealkylation sites (tertiary alicyclic amines) is 1. The van der Waals surface area contributed by atoms with Crippen molar-refractivity contribution in [3.05, 3.63) is 40.6 Å². The Kier molecular flexibility index (Phi) is 3.13. The smallest absolute Gasteiger partial charge is 0.0773 e. The third kappa shape index (κ3) is 2.44. The number of halogens is 1. The molecule has 18 heavy (non-hydrogen) atoms. The summed E-state index contributed by atoms with van der Waals surface area (Å²) in [7, 11) is 0. The number of aryl methyl sites for hydroxylation is 1. The molecule has 0 spiro atoms. The summed E-state index contributed by atoms with van der Waals surface area (Å²) in [5, 5.41) is 4.31. The number of rotatable bonds is 3. The van der Waals surface area contributed by atoms with Crippen molar-refractivity contribution in [1.82, 2.24) is 24.6 Å². The quantitative estimate of drug-likeness (QED) is 0.867. The predicted molar refractivity (Wildman–Crippen MR) is 71.0 cm³/mol. The third-order valence-corrected chi connectivity index (χ3v) is 3.51. The number of hydrogen-bond donors (Lipinski definition) is 0. The van der Waals surface area contributed by atoms with Crippen molar-refractivity contribution < 1.29 is 0 Å². The molecule has 5 nitrogen and oxygen atoms in total. The molecule has 0 radical (unpaired) electrons. The molecule has 94 valence electrons. The van der Waals surface area contributed by atoms with E-state index in [1.807, 2.05) is 36.4 Å². The van der Waals surface area contributed by atoms with E-state index in [1.165, 1.54) is 0 Å². The number of aromatic nitrogens is 4. The molecule has 1 fully saturated rings. The van der Waals surface area contributed by atoms with Gasteiger partial charge in [-0.3, -0.25) is 19.5 Å². The number of hydrogen-bond acceptors (Lipinski definition) is 4. The van der Waals surface area contributed by atoms with Crippen LogP contribution in [0.4, 0.5) is 0 Å². The molecule has 1 aliphatic rings. The molecule has 0 unspecified atom stereocenters. The predicted octanol–water partition coefficient (Wildman–Crippen LogP) is 1.80. The lowest BCUT2D eigenvalue weighted by atomic mass is 10.1. The van der Waals surface area contributed by atoms with Gasteiger partial charge in [0.15, 0.2) is 0 Å². The first-order valence-electron chi connectivity index (χ1n) is 5.90. The second-order valence-electron chi connectivity index (χ2n) is 4.64. The van der Waals surface area contributed by atoms with Crippen LogP contribution in [-0.4, -0.2) is 37.7 Å². The molecular formula is C12H14BrN5. The topological polar surface area (TPSA) is 46.8 Å². The summed E-state index contributed by atoms with van der Waals surface area (Å²) in [6, 6.07) is 0.481. The summed E-state index contributed by atoms with van der Waals surface area (Å²) in [6.07, 6.45) is 7.52. The fourth-order valence-corrected chi connectivity index (χ4v) is 2.38. The van der Waals surface area contributed by atoms with Crippen LogP contribution in [0.5, 0.6) is 0 Å². The highest BCUT2D eigenvalue weighted by Crippen LogP contribution is 2.23. The van der Waals surface area contributed by atoms with Gasteiger partial charge in [0, 0.05) is 38.2 Å². The van der Waals surface area contributed by atoms with Gasteiger partial charge in [0.25, 0.3) is 0 Å². The Bertz CT molecular complexity index is 530. The van der Waals surface area contributed by atoms with Gasteiger partial charge in [-0.05, 0) is 22.9 Å². The van der Waals surface area contributed by atoms with E-state index in [9.17, 15) is 0 Å². The largest absolute Gasteiger partial charge is 0.293 e.